The molecule has 0 aliphatic carbocycles. The monoisotopic (exact) mass is 504 g/mol. The SMILES string of the molecule is CC.COC(=O)/C(N)=C/C1=C(N)N(C(=O)OC(C)(C)C)CCN1Cc1c(Cl)ccc(F)c1Cl. The maximum atomic E-state index is 14.0. The second-order valence-corrected chi connectivity index (χ2v) is 8.52. The maximum absolute atomic E-state index is 14.0. The highest BCUT2D eigenvalue weighted by atomic mass is 35.5. The van der Waals surface area contributed by atoms with Crippen LogP contribution < -0.4 is 11.5 Å². The molecule has 0 saturated heterocycles. The number of esters is 1. The second kappa shape index (κ2) is 12.0. The van der Waals surface area contributed by atoms with Gasteiger partial charge in [-0.05, 0) is 39.0 Å². The molecule has 8 nitrogen and oxygen atoms in total. The minimum Gasteiger partial charge on any atom is -0.464 e. The van der Waals surface area contributed by atoms with E-state index in [1.165, 1.54) is 24.2 Å². The van der Waals surface area contributed by atoms with Crippen LogP contribution in [0.5, 0.6) is 0 Å². The van der Waals surface area contributed by atoms with Gasteiger partial charge in [-0.15, -0.1) is 0 Å². The number of halogens is 3. The fourth-order valence-corrected chi connectivity index (χ4v) is 3.32. The van der Waals surface area contributed by atoms with Crippen molar-refractivity contribution in [3.8, 4) is 0 Å². The van der Waals surface area contributed by atoms with Crippen molar-refractivity contribution in [2.24, 2.45) is 11.5 Å². The third-order valence-corrected chi connectivity index (χ3v) is 5.07. The predicted octanol–water partition coefficient (Wildman–Crippen LogP) is 4.35. The van der Waals surface area contributed by atoms with Crippen LogP contribution in [-0.4, -0.2) is 47.7 Å². The topological polar surface area (TPSA) is 111 Å². The highest BCUT2D eigenvalue weighted by molar-refractivity contribution is 6.36. The summed E-state index contributed by atoms with van der Waals surface area (Å²) in [7, 11) is 1.18. The highest BCUT2D eigenvalue weighted by Gasteiger charge is 2.31. The van der Waals surface area contributed by atoms with E-state index in [4.69, 9.17) is 39.4 Å². The standard InChI is InChI=1S/C20H25Cl2FN4O4.C2H6/c1-20(2,3)31-19(29)27-8-7-26(10-11-12(21)5-6-13(23)16(11)22)15(17(27)25)9-14(24)18(28)30-4;1-2/h5-6,9H,7-8,10,24-25H2,1-4H3;1-2H3/b14-9-;. The first kappa shape index (κ1) is 28.4. The summed E-state index contributed by atoms with van der Waals surface area (Å²) in [4.78, 5) is 27.3. The summed E-state index contributed by atoms with van der Waals surface area (Å²) in [6, 6.07) is 2.55. The van der Waals surface area contributed by atoms with Crippen LogP contribution >= 0.6 is 23.2 Å². The fraction of sp³-hybridized carbons (Fsp3) is 0.455. The summed E-state index contributed by atoms with van der Waals surface area (Å²) in [5, 5.41) is 0.119. The Hall–Kier alpha value is -2.65. The summed E-state index contributed by atoms with van der Waals surface area (Å²) in [6.07, 6.45) is 0.618. The van der Waals surface area contributed by atoms with Gasteiger partial charge in [0.15, 0.2) is 0 Å². The van der Waals surface area contributed by atoms with E-state index < -0.39 is 23.5 Å². The van der Waals surface area contributed by atoms with E-state index in [0.717, 1.165) is 6.07 Å². The normalized spacial score (nSPS) is 14.5. The molecular formula is C22H31Cl2FN4O4. The molecule has 0 saturated carbocycles. The number of amides is 1. The van der Waals surface area contributed by atoms with E-state index in [2.05, 4.69) is 4.74 Å². The first-order chi connectivity index (χ1) is 15.4. The van der Waals surface area contributed by atoms with Crippen molar-refractivity contribution in [2.45, 2.75) is 46.8 Å². The van der Waals surface area contributed by atoms with Crippen LogP contribution in [0.25, 0.3) is 0 Å². The summed E-state index contributed by atoms with van der Waals surface area (Å²) >= 11 is 12.3. The molecule has 1 heterocycles. The summed E-state index contributed by atoms with van der Waals surface area (Å²) < 4.78 is 24.0. The molecule has 0 spiro atoms. The van der Waals surface area contributed by atoms with Crippen LogP contribution in [0.1, 0.15) is 40.2 Å². The molecule has 1 amide bonds. The smallest absolute Gasteiger partial charge is 0.416 e. The van der Waals surface area contributed by atoms with Gasteiger partial charge >= 0.3 is 12.1 Å². The van der Waals surface area contributed by atoms with Gasteiger partial charge in [-0.3, -0.25) is 4.90 Å². The molecule has 1 aromatic carbocycles. The Balaban J connectivity index is 0.00000265. The van der Waals surface area contributed by atoms with Gasteiger partial charge in [0.1, 0.15) is 22.9 Å². The van der Waals surface area contributed by atoms with Crippen LogP contribution in [0.3, 0.4) is 0 Å². The van der Waals surface area contributed by atoms with Crippen LogP contribution in [0.2, 0.25) is 10.0 Å². The molecule has 0 fully saturated rings. The largest absolute Gasteiger partial charge is 0.464 e. The number of hydrogen-bond donors (Lipinski definition) is 2. The number of nitrogens with two attached hydrogens (primary N) is 2. The quantitative estimate of drug-likeness (QED) is 0.356. The zero-order valence-corrected chi connectivity index (χ0v) is 21.2. The Bertz CT molecular complexity index is 945. The van der Waals surface area contributed by atoms with Crippen molar-refractivity contribution in [1.29, 1.82) is 0 Å². The Morgan fingerprint density at radius 3 is 2.36 bits per heavy atom. The third kappa shape index (κ3) is 7.43. The number of carbonyl (C=O) groups is 2. The molecule has 184 valence electrons. The lowest BCUT2D eigenvalue weighted by Gasteiger charge is -2.38. The Morgan fingerprint density at radius 1 is 1.21 bits per heavy atom. The lowest BCUT2D eigenvalue weighted by atomic mass is 10.1. The second-order valence-electron chi connectivity index (χ2n) is 7.74. The van der Waals surface area contributed by atoms with Crippen molar-refractivity contribution in [2.75, 3.05) is 20.2 Å². The zero-order chi connectivity index (χ0) is 25.5. The van der Waals surface area contributed by atoms with Gasteiger partial charge in [-0.25, -0.2) is 14.0 Å². The van der Waals surface area contributed by atoms with Gasteiger partial charge in [0.25, 0.3) is 0 Å². The number of benzene rings is 1. The van der Waals surface area contributed by atoms with Crippen molar-refractivity contribution in [3.63, 3.8) is 0 Å². The molecule has 0 aromatic heterocycles. The van der Waals surface area contributed by atoms with Crippen molar-refractivity contribution >= 4 is 35.3 Å². The summed E-state index contributed by atoms with van der Waals surface area (Å²) in [5.41, 5.74) is 11.6. The number of carbonyl (C=O) groups excluding carboxylic acids is 2. The molecule has 1 aromatic rings. The van der Waals surface area contributed by atoms with Crippen molar-refractivity contribution in [1.82, 2.24) is 9.80 Å². The molecule has 11 heteroatoms. The van der Waals surface area contributed by atoms with E-state index in [0.29, 0.717) is 5.56 Å². The molecule has 0 unspecified atom stereocenters. The number of rotatable bonds is 4. The minimum absolute atomic E-state index is 0.00370. The first-order valence-corrected chi connectivity index (χ1v) is 11.0. The van der Waals surface area contributed by atoms with Gasteiger partial charge in [0.05, 0.1) is 17.8 Å². The van der Waals surface area contributed by atoms with E-state index in [1.807, 2.05) is 13.8 Å². The average molecular weight is 505 g/mol. The number of ether oxygens (including phenoxy) is 2. The Kier molecular flexibility index (Phi) is 10.3. The number of allylic oxidation sites excluding steroid dienone is 1. The molecule has 1 aliphatic rings. The van der Waals surface area contributed by atoms with Gasteiger partial charge in [-0.2, -0.15) is 0 Å². The lowest BCUT2D eigenvalue weighted by Crippen LogP contribution is -2.48. The third-order valence-electron chi connectivity index (χ3n) is 4.30. The number of nitrogens with zero attached hydrogens (tertiary/aromatic N) is 2. The predicted molar refractivity (Wildman–Crippen MR) is 127 cm³/mol. The van der Waals surface area contributed by atoms with Gasteiger partial charge in [0.2, 0.25) is 0 Å². The molecule has 1 aliphatic heterocycles. The Morgan fingerprint density at radius 2 is 1.82 bits per heavy atom. The Labute approximate surface area is 203 Å². The minimum atomic E-state index is -0.781. The van der Waals surface area contributed by atoms with E-state index in [9.17, 15) is 14.0 Å². The molecule has 2 rings (SSSR count). The van der Waals surface area contributed by atoms with Gasteiger partial charge < -0.3 is 25.8 Å². The van der Waals surface area contributed by atoms with Crippen LogP contribution in [0, 0.1) is 5.82 Å². The molecule has 0 bridgehead atoms. The fourth-order valence-electron chi connectivity index (χ4n) is 2.83. The van der Waals surface area contributed by atoms with E-state index in [-0.39, 0.29) is 46.9 Å². The average Bonchev–Trinajstić information content (AvgIpc) is 2.75. The molecule has 0 atom stereocenters. The number of methoxy groups -OCH3 is 1. The van der Waals surface area contributed by atoms with E-state index >= 15 is 0 Å². The maximum Gasteiger partial charge on any atom is 0.416 e. The summed E-state index contributed by atoms with van der Waals surface area (Å²) in [5.74, 6) is -1.41. The van der Waals surface area contributed by atoms with Crippen molar-refractivity contribution < 1.29 is 23.5 Å². The number of hydrogen-bond acceptors (Lipinski definition) is 7. The van der Waals surface area contributed by atoms with Crippen LogP contribution in [-0.2, 0) is 20.8 Å². The van der Waals surface area contributed by atoms with Crippen molar-refractivity contribution in [3.05, 3.63) is 56.8 Å². The van der Waals surface area contributed by atoms with Gasteiger partial charge in [-0.1, -0.05) is 37.0 Å². The van der Waals surface area contributed by atoms with E-state index in [1.54, 1.807) is 25.7 Å². The molecule has 4 N–H and O–H groups in total. The van der Waals surface area contributed by atoms with Crippen LogP contribution in [0.15, 0.2) is 35.4 Å². The van der Waals surface area contributed by atoms with Gasteiger partial charge in [0, 0.05) is 30.2 Å². The lowest BCUT2D eigenvalue weighted by molar-refractivity contribution is -0.136. The molecule has 0 radical (unpaired) electrons. The summed E-state index contributed by atoms with van der Waals surface area (Å²) in [6.45, 7) is 9.66. The first-order valence-electron chi connectivity index (χ1n) is 10.3. The van der Waals surface area contributed by atoms with Crippen LogP contribution in [0.4, 0.5) is 9.18 Å². The molecule has 33 heavy (non-hydrogen) atoms. The molecular weight excluding hydrogens is 474 g/mol. The highest BCUT2D eigenvalue weighted by Crippen LogP contribution is 2.31. The zero-order valence-electron chi connectivity index (χ0n) is 19.7.